The highest BCUT2D eigenvalue weighted by Gasteiger charge is 2.27. The zero-order chi connectivity index (χ0) is 14.7. The maximum Gasteiger partial charge on any atom is 0.374 e. The molecule has 2 aromatic heterocycles. The van der Waals surface area contributed by atoms with E-state index >= 15 is 0 Å². The molecular formula is C15H17N3O3. The Kier molecular flexibility index (Phi) is 3.85. The molecule has 1 aliphatic heterocycles. The normalized spacial score (nSPS) is 18.0. The van der Waals surface area contributed by atoms with Gasteiger partial charge in [0.25, 0.3) is 0 Å². The average molecular weight is 287 g/mol. The number of hydrogen-bond donors (Lipinski definition) is 0. The summed E-state index contributed by atoms with van der Waals surface area (Å²) in [5, 5.41) is 8.28. The molecule has 0 spiro atoms. The topological polar surface area (TPSA) is 68.5 Å². The van der Waals surface area contributed by atoms with Crippen LogP contribution < -0.4 is 4.90 Å². The Morgan fingerprint density at radius 3 is 3.05 bits per heavy atom. The molecule has 21 heavy (non-hydrogen) atoms. The minimum atomic E-state index is -0.429. The molecule has 1 aliphatic rings. The van der Waals surface area contributed by atoms with Crippen molar-refractivity contribution in [1.29, 1.82) is 0 Å². The molecule has 0 amide bonds. The minimum absolute atomic E-state index is 0.140. The number of hydrogen-bond acceptors (Lipinski definition) is 6. The van der Waals surface area contributed by atoms with E-state index in [1.807, 2.05) is 19.1 Å². The van der Waals surface area contributed by atoms with Crippen molar-refractivity contribution in [2.45, 2.75) is 25.8 Å². The van der Waals surface area contributed by atoms with Gasteiger partial charge in [-0.3, -0.25) is 0 Å². The molecule has 0 radical (unpaired) electrons. The predicted molar refractivity (Wildman–Crippen MR) is 76.1 cm³/mol. The highest BCUT2D eigenvalue weighted by atomic mass is 16.5. The minimum Gasteiger partial charge on any atom is -0.458 e. The lowest BCUT2D eigenvalue weighted by Gasteiger charge is -2.24. The summed E-state index contributed by atoms with van der Waals surface area (Å²) >= 11 is 0. The molecule has 6 heteroatoms. The van der Waals surface area contributed by atoms with E-state index in [4.69, 9.17) is 9.15 Å². The van der Waals surface area contributed by atoms with Crippen molar-refractivity contribution in [3.05, 3.63) is 42.0 Å². The van der Waals surface area contributed by atoms with E-state index in [0.717, 1.165) is 30.9 Å². The number of nitrogens with zero attached hydrogens (tertiary/aromatic N) is 3. The van der Waals surface area contributed by atoms with Gasteiger partial charge in [0.2, 0.25) is 5.76 Å². The van der Waals surface area contributed by atoms with Crippen molar-refractivity contribution in [3.63, 3.8) is 0 Å². The summed E-state index contributed by atoms with van der Waals surface area (Å²) in [7, 11) is 0. The third kappa shape index (κ3) is 3.04. The first-order chi connectivity index (χ1) is 10.2. The number of ether oxygens (including phenoxy) is 1. The van der Waals surface area contributed by atoms with Gasteiger partial charge in [-0.2, -0.15) is 5.10 Å². The Bertz CT molecular complexity index is 595. The number of furan rings is 1. The maximum atomic E-state index is 11.8. The van der Waals surface area contributed by atoms with Gasteiger partial charge in [0.1, 0.15) is 6.61 Å². The van der Waals surface area contributed by atoms with E-state index in [0.29, 0.717) is 6.61 Å². The zero-order valence-electron chi connectivity index (χ0n) is 11.9. The Morgan fingerprint density at radius 2 is 2.33 bits per heavy atom. The monoisotopic (exact) mass is 287 g/mol. The molecule has 110 valence electrons. The van der Waals surface area contributed by atoms with E-state index < -0.39 is 5.97 Å². The van der Waals surface area contributed by atoms with Crippen LogP contribution in [0.25, 0.3) is 0 Å². The summed E-state index contributed by atoms with van der Waals surface area (Å²) < 4.78 is 10.3. The lowest BCUT2D eigenvalue weighted by atomic mass is 10.2. The highest BCUT2D eigenvalue weighted by molar-refractivity contribution is 5.86. The molecule has 1 atom stereocenters. The van der Waals surface area contributed by atoms with Crippen molar-refractivity contribution >= 4 is 11.8 Å². The molecule has 1 fully saturated rings. The third-order valence-electron chi connectivity index (χ3n) is 3.58. The van der Waals surface area contributed by atoms with E-state index in [2.05, 4.69) is 15.1 Å². The molecule has 0 aromatic carbocycles. The molecule has 3 heterocycles. The smallest absolute Gasteiger partial charge is 0.374 e. The van der Waals surface area contributed by atoms with Crippen LogP contribution in [0.4, 0.5) is 5.82 Å². The van der Waals surface area contributed by atoms with Gasteiger partial charge in [0, 0.05) is 6.54 Å². The van der Waals surface area contributed by atoms with Crippen LogP contribution in [0.3, 0.4) is 0 Å². The number of rotatable bonds is 4. The van der Waals surface area contributed by atoms with Gasteiger partial charge >= 0.3 is 5.97 Å². The summed E-state index contributed by atoms with van der Waals surface area (Å²) in [4.78, 5) is 13.9. The Hall–Kier alpha value is -2.37. The molecular weight excluding hydrogens is 270 g/mol. The van der Waals surface area contributed by atoms with Gasteiger partial charge < -0.3 is 14.1 Å². The van der Waals surface area contributed by atoms with Gasteiger partial charge in [-0.05, 0) is 44.0 Å². The largest absolute Gasteiger partial charge is 0.458 e. The quantitative estimate of drug-likeness (QED) is 0.803. The molecule has 0 aliphatic carbocycles. The summed E-state index contributed by atoms with van der Waals surface area (Å²) in [5.41, 5.74) is 0.888. The Morgan fingerprint density at radius 1 is 1.43 bits per heavy atom. The van der Waals surface area contributed by atoms with Crippen LogP contribution in [-0.4, -0.2) is 35.4 Å². The second-order valence-electron chi connectivity index (χ2n) is 5.10. The van der Waals surface area contributed by atoms with Crippen LogP contribution in [0.2, 0.25) is 0 Å². The van der Waals surface area contributed by atoms with Crippen molar-refractivity contribution in [1.82, 2.24) is 10.2 Å². The summed E-state index contributed by atoms with van der Waals surface area (Å²) in [6, 6.07) is 7.29. The second-order valence-corrected chi connectivity index (χ2v) is 5.10. The zero-order valence-corrected chi connectivity index (χ0v) is 11.9. The van der Waals surface area contributed by atoms with Gasteiger partial charge in [0.15, 0.2) is 5.82 Å². The van der Waals surface area contributed by atoms with Crippen molar-refractivity contribution in [2.75, 3.05) is 18.1 Å². The Labute approximate surface area is 122 Å². The van der Waals surface area contributed by atoms with Gasteiger partial charge in [0.05, 0.1) is 18.0 Å². The third-order valence-corrected chi connectivity index (χ3v) is 3.58. The van der Waals surface area contributed by atoms with Crippen LogP contribution in [0, 0.1) is 6.92 Å². The Balaban J connectivity index is 1.62. The first-order valence-electron chi connectivity index (χ1n) is 7.01. The van der Waals surface area contributed by atoms with Crippen LogP contribution >= 0.6 is 0 Å². The molecule has 0 bridgehead atoms. The molecule has 6 nitrogen and oxygen atoms in total. The van der Waals surface area contributed by atoms with Crippen LogP contribution in [0.15, 0.2) is 34.9 Å². The van der Waals surface area contributed by atoms with Crippen LogP contribution in [0.5, 0.6) is 0 Å². The van der Waals surface area contributed by atoms with Crippen molar-refractivity contribution in [2.24, 2.45) is 0 Å². The first kappa shape index (κ1) is 13.6. The number of carbonyl (C=O) groups is 1. The predicted octanol–water partition coefficient (Wildman–Crippen LogP) is 2.20. The molecule has 0 N–H and O–H groups in total. The fraction of sp³-hybridized carbons (Fsp3) is 0.400. The van der Waals surface area contributed by atoms with Crippen molar-refractivity contribution < 1.29 is 13.9 Å². The molecule has 3 rings (SSSR count). The molecule has 1 saturated heterocycles. The van der Waals surface area contributed by atoms with E-state index in [9.17, 15) is 4.79 Å². The fourth-order valence-corrected chi connectivity index (χ4v) is 2.49. The SMILES string of the molecule is Cc1ccc(N2CCC[C@@H]2COC(=O)c2ccco2)nn1. The summed E-state index contributed by atoms with van der Waals surface area (Å²) in [5.74, 6) is 0.633. The number of aromatic nitrogens is 2. The summed E-state index contributed by atoms with van der Waals surface area (Å²) in [6.45, 7) is 3.14. The van der Waals surface area contributed by atoms with E-state index in [1.165, 1.54) is 6.26 Å². The van der Waals surface area contributed by atoms with Crippen LogP contribution in [0.1, 0.15) is 29.1 Å². The van der Waals surface area contributed by atoms with E-state index in [1.54, 1.807) is 12.1 Å². The fourth-order valence-electron chi connectivity index (χ4n) is 2.49. The molecule has 2 aromatic rings. The number of esters is 1. The number of carbonyl (C=O) groups excluding carboxylic acids is 1. The van der Waals surface area contributed by atoms with Crippen molar-refractivity contribution in [3.8, 4) is 0 Å². The highest BCUT2D eigenvalue weighted by Crippen LogP contribution is 2.23. The lowest BCUT2D eigenvalue weighted by molar-refractivity contribution is 0.0446. The second kappa shape index (κ2) is 5.95. The number of anilines is 1. The molecule has 0 unspecified atom stereocenters. The first-order valence-corrected chi connectivity index (χ1v) is 7.01. The maximum absolute atomic E-state index is 11.8. The average Bonchev–Trinajstić information content (AvgIpc) is 3.17. The molecule has 0 saturated carbocycles. The number of aryl methyl sites for hydroxylation is 1. The van der Waals surface area contributed by atoms with Gasteiger partial charge in [-0.25, -0.2) is 4.79 Å². The van der Waals surface area contributed by atoms with Crippen LogP contribution in [-0.2, 0) is 4.74 Å². The standard InChI is InChI=1S/C15H17N3O3/c1-11-6-7-14(17-16-11)18-8-2-4-12(18)10-21-15(19)13-5-3-9-20-13/h3,5-7,9,12H,2,4,8,10H2,1H3/t12-/m1/s1. The summed E-state index contributed by atoms with van der Waals surface area (Å²) in [6.07, 6.45) is 3.49. The van der Waals surface area contributed by atoms with Gasteiger partial charge in [-0.15, -0.1) is 5.10 Å². The lowest BCUT2D eigenvalue weighted by Crippen LogP contribution is -2.34. The van der Waals surface area contributed by atoms with Gasteiger partial charge in [-0.1, -0.05) is 0 Å². The van der Waals surface area contributed by atoms with E-state index in [-0.39, 0.29) is 11.8 Å².